The first-order chi connectivity index (χ1) is 29.8. The third-order valence-corrected chi connectivity index (χ3v) is 12.8. The molecule has 11 heteroatoms. The summed E-state index contributed by atoms with van der Waals surface area (Å²) in [5.74, 6) is -0.193. The SMILES string of the molecule is C.C.CC1(C)OB(c2cccc(CN3CCCC3)c2)OC1(C)C.CCOC(=O)CCCc1ccc(-c2cccc(CN3CCCC3)c2)cc1.CCOC(=O)CCCc1ccc(I)cc1.[2H-].[K+]. The van der Waals surface area contributed by atoms with Crippen molar-refractivity contribution < 1.29 is 81.2 Å². The second-order valence-electron chi connectivity index (χ2n) is 17.6. The Morgan fingerprint density at radius 3 is 1.51 bits per heavy atom. The van der Waals surface area contributed by atoms with Gasteiger partial charge in [0, 0.05) is 29.5 Å². The fourth-order valence-electron chi connectivity index (χ4n) is 7.92. The number of carbonyl (C=O) groups is 2. The summed E-state index contributed by atoms with van der Waals surface area (Å²) >= 11 is 2.28. The van der Waals surface area contributed by atoms with Gasteiger partial charge in [0.05, 0.1) is 24.4 Å². The Morgan fingerprint density at radius 2 is 1.05 bits per heavy atom. The van der Waals surface area contributed by atoms with Crippen LogP contribution in [0.25, 0.3) is 11.1 Å². The monoisotopic (exact) mass is 1030 g/mol. The first-order valence-corrected chi connectivity index (χ1v) is 24.0. The second kappa shape index (κ2) is 30.6. The minimum Gasteiger partial charge on any atom is -1.00 e. The molecule has 65 heavy (non-hydrogen) atoms. The van der Waals surface area contributed by atoms with E-state index in [2.05, 4.69) is 157 Å². The zero-order valence-corrected chi connectivity index (χ0v) is 44.5. The molecule has 3 aliphatic rings. The molecule has 3 heterocycles. The topological polar surface area (TPSA) is 77.5 Å². The van der Waals surface area contributed by atoms with Crippen molar-refractivity contribution in [2.75, 3.05) is 39.4 Å². The number of carbonyl (C=O) groups excluding carboxylic acids is 2. The average Bonchev–Trinajstić information content (AvgIpc) is 4.01. The molecule has 8 nitrogen and oxygen atoms in total. The molecule has 4 aromatic rings. The van der Waals surface area contributed by atoms with Crippen LogP contribution in [-0.2, 0) is 54.3 Å². The van der Waals surface area contributed by atoms with Crippen molar-refractivity contribution in [1.29, 1.82) is 0 Å². The van der Waals surface area contributed by atoms with Crippen LogP contribution in [0.4, 0.5) is 0 Å². The van der Waals surface area contributed by atoms with Crippen LogP contribution in [0.15, 0.2) is 97.1 Å². The Labute approximate surface area is 451 Å². The summed E-state index contributed by atoms with van der Waals surface area (Å²) in [6.07, 6.45) is 9.88. The number of aryl methyl sites for hydroxylation is 2. The van der Waals surface area contributed by atoms with E-state index in [1.165, 1.54) is 88.8 Å². The number of rotatable bonds is 16. The van der Waals surface area contributed by atoms with Gasteiger partial charge < -0.3 is 20.2 Å². The van der Waals surface area contributed by atoms with E-state index >= 15 is 0 Å². The van der Waals surface area contributed by atoms with E-state index in [-0.39, 0.29) is 97.9 Å². The van der Waals surface area contributed by atoms with Crippen LogP contribution in [0.3, 0.4) is 0 Å². The maximum atomic E-state index is 11.4. The summed E-state index contributed by atoms with van der Waals surface area (Å²) in [6.45, 7) is 20.0. The van der Waals surface area contributed by atoms with Gasteiger partial charge in [0.25, 0.3) is 0 Å². The maximum Gasteiger partial charge on any atom is 1.00 e. The number of halogens is 1. The number of esters is 2. The number of ether oxygens (including phenoxy) is 2. The van der Waals surface area contributed by atoms with Crippen LogP contribution in [-0.4, -0.2) is 79.5 Å². The molecule has 0 amide bonds. The van der Waals surface area contributed by atoms with Gasteiger partial charge in [-0.25, -0.2) is 0 Å². The van der Waals surface area contributed by atoms with Crippen LogP contribution in [0, 0.1) is 3.57 Å². The number of hydrogen-bond donors (Lipinski definition) is 0. The number of hydrogen-bond acceptors (Lipinski definition) is 8. The molecule has 0 N–H and O–H groups in total. The Hall–Kier alpha value is -1.91. The smallest absolute Gasteiger partial charge is 1.00 e. The third kappa shape index (κ3) is 20.3. The van der Waals surface area contributed by atoms with Crippen molar-refractivity contribution in [3.63, 3.8) is 0 Å². The molecular weight excluding hydrogens is 949 g/mol. The van der Waals surface area contributed by atoms with Crippen molar-refractivity contribution in [3.8, 4) is 11.1 Å². The van der Waals surface area contributed by atoms with E-state index in [1.54, 1.807) is 0 Å². The molecule has 352 valence electrons. The summed E-state index contributed by atoms with van der Waals surface area (Å²) in [5, 5.41) is 0. The molecule has 0 radical (unpaired) electrons. The van der Waals surface area contributed by atoms with Gasteiger partial charge in [-0.3, -0.25) is 19.4 Å². The van der Waals surface area contributed by atoms with E-state index in [0.717, 1.165) is 44.2 Å². The first kappa shape index (κ1) is 59.2. The van der Waals surface area contributed by atoms with E-state index in [4.69, 9.17) is 18.8 Å². The minimum atomic E-state index is -0.275. The molecule has 0 unspecified atom stereocenters. The van der Waals surface area contributed by atoms with E-state index in [1.807, 2.05) is 13.8 Å². The summed E-state index contributed by atoms with van der Waals surface area (Å²) in [7, 11) is -0.256. The predicted molar refractivity (Wildman–Crippen MR) is 276 cm³/mol. The van der Waals surface area contributed by atoms with Crippen molar-refractivity contribution in [1.82, 2.24) is 9.80 Å². The predicted octanol–water partition coefficient (Wildman–Crippen LogP) is 8.98. The Morgan fingerprint density at radius 1 is 0.615 bits per heavy atom. The number of nitrogens with zero attached hydrogens (tertiary/aromatic N) is 2. The zero-order chi connectivity index (χ0) is 44.4. The summed E-state index contributed by atoms with van der Waals surface area (Å²) in [6, 6.07) is 34.6. The molecule has 3 fully saturated rings. The van der Waals surface area contributed by atoms with Crippen LogP contribution >= 0.6 is 22.6 Å². The Balaban J connectivity index is 0.000000497. The van der Waals surface area contributed by atoms with Gasteiger partial charge in [-0.1, -0.05) is 93.7 Å². The maximum absolute atomic E-state index is 11.4. The normalized spacial score (nSPS) is 16.1. The van der Waals surface area contributed by atoms with Gasteiger partial charge in [0.15, 0.2) is 0 Å². The van der Waals surface area contributed by atoms with Crippen molar-refractivity contribution >= 4 is 47.1 Å². The van der Waals surface area contributed by atoms with Gasteiger partial charge in [-0.2, -0.15) is 0 Å². The molecule has 3 saturated heterocycles. The molecule has 4 aromatic carbocycles. The molecule has 7 rings (SSSR count). The van der Waals surface area contributed by atoms with Crippen molar-refractivity contribution in [2.45, 2.75) is 145 Å². The van der Waals surface area contributed by atoms with Crippen molar-refractivity contribution in [2.24, 2.45) is 0 Å². The standard InChI is InChI=1S/C23H29NO2.C17H26BNO2.C12H15IO2.2CH4.K.H/c1-2-26-23(25)10-6-7-19-11-13-21(14-12-19)22-9-5-8-20(17-22)18-24-15-3-4-16-24;1-16(2)17(3,4)21-18(20-16)15-9-7-8-14(12-15)13-19-10-5-6-11-19;1-2-15-12(14)5-3-4-10-6-8-11(13)9-7-10;;;;/h5,8-9,11-14,17H,2-4,6-7,10,15-16,18H2,1H3;7-9,12H,5-6,10-11,13H2,1-4H3;6-9H,2-5H2,1H3;2*1H4;;/q;;;;;+1;-1/i;;;;;;1+1. The van der Waals surface area contributed by atoms with Crippen molar-refractivity contribution in [3.05, 3.63) is 123 Å². The molecule has 0 aliphatic carbocycles. The summed E-state index contributed by atoms with van der Waals surface area (Å²) in [4.78, 5) is 27.5. The molecule has 0 spiro atoms. The summed E-state index contributed by atoms with van der Waals surface area (Å²) in [5.41, 5.74) is 8.40. The Kier molecular flexibility index (Phi) is 27.8. The van der Waals surface area contributed by atoms with Gasteiger partial charge in [0.2, 0.25) is 0 Å². The number of benzene rings is 4. The van der Waals surface area contributed by atoms with Gasteiger partial charge >= 0.3 is 70.4 Å². The Bertz CT molecular complexity index is 1960. The largest absolute Gasteiger partial charge is 1.00 e. The minimum absolute atomic E-state index is 0. The van der Waals surface area contributed by atoms with E-state index in [9.17, 15) is 9.59 Å². The van der Waals surface area contributed by atoms with E-state index in [0.29, 0.717) is 26.1 Å². The van der Waals surface area contributed by atoms with E-state index < -0.39 is 0 Å². The molecule has 0 atom stereocenters. The summed E-state index contributed by atoms with van der Waals surface area (Å²) < 4.78 is 23.3. The quantitative estimate of drug-likeness (QED) is 0.0626. The van der Waals surface area contributed by atoms with Crippen LogP contribution in [0.5, 0.6) is 0 Å². The van der Waals surface area contributed by atoms with Crippen LogP contribution < -0.4 is 56.8 Å². The van der Waals surface area contributed by atoms with Gasteiger partial charge in [-0.05, 0) is 199 Å². The fraction of sp³-hybridized carbons (Fsp3) is 0.519. The molecule has 0 aromatic heterocycles. The third-order valence-electron chi connectivity index (χ3n) is 12.1. The average molecular weight is 1030 g/mol. The van der Waals surface area contributed by atoms with Crippen LogP contribution in [0.1, 0.15) is 131 Å². The first-order valence-electron chi connectivity index (χ1n) is 23.0. The zero-order valence-electron chi connectivity index (χ0n) is 40.3. The van der Waals surface area contributed by atoms with Gasteiger partial charge in [-0.15, -0.1) is 0 Å². The van der Waals surface area contributed by atoms with Gasteiger partial charge in [0.1, 0.15) is 0 Å². The second-order valence-corrected chi connectivity index (χ2v) is 18.9. The molecular formula is C54H79BIKN2O6. The fourth-order valence-corrected chi connectivity index (χ4v) is 8.28. The molecule has 0 saturated carbocycles. The number of likely N-dealkylation sites (tertiary alicyclic amines) is 2. The molecule has 0 bridgehead atoms. The van der Waals surface area contributed by atoms with Crippen LogP contribution in [0.2, 0.25) is 0 Å². The molecule has 3 aliphatic heterocycles.